The van der Waals surface area contributed by atoms with Gasteiger partial charge in [0.15, 0.2) is 0 Å². The van der Waals surface area contributed by atoms with Gasteiger partial charge in [-0.05, 0) is 13.3 Å². The fourth-order valence-electron chi connectivity index (χ4n) is 0.715. The fourth-order valence-corrected chi connectivity index (χ4v) is 0.715. The van der Waals surface area contributed by atoms with Gasteiger partial charge in [-0.25, -0.2) is 0 Å². The Bertz CT molecular complexity index is 233. The van der Waals surface area contributed by atoms with E-state index in [1.54, 1.807) is 12.2 Å². The Morgan fingerprint density at radius 3 is 2.92 bits per heavy atom. The molecule has 0 rings (SSSR count). The van der Waals surface area contributed by atoms with Crippen molar-refractivity contribution in [3.63, 3.8) is 0 Å². The number of unbranched alkanes of at least 4 members (excludes halogenated alkanes) is 1. The Morgan fingerprint density at radius 2 is 2.31 bits per heavy atom. The summed E-state index contributed by atoms with van der Waals surface area (Å²) in [6.45, 7) is 2.54. The van der Waals surface area contributed by atoms with Crippen LogP contribution in [0.4, 0.5) is 0 Å². The van der Waals surface area contributed by atoms with Gasteiger partial charge in [-0.2, -0.15) is 0 Å². The predicted octanol–water partition coefficient (Wildman–Crippen LogP) is 1.65. The molecule has 0 fully saturated rings. The molecule has 0 radical (unpaired) electrons. The van der Waals surface area contributed by atoms with E-state index in [2.05, 4.69) is 11.2 Å². The molecule has 0 bridgehead atoms. The lowest BCUT2D eigenvalue weighted by Gasteiger charge is -1.97. The lowest BCUT2D eigenvalue weighted by atomic mass is 10.3. The molecular weight excluding hydrogens is 162 g/mol. The van der Waals surface area contributed by atoms with Crippen molar-refractivity contribution in [2.75, 3.05) is 6.54 Å². The van der Waals surface area contributed by atoms with E-state index in [-0.39, 0.29) is 5.91 Å². The van der Waals surface area contributed by atoms with Crippen molar-refractivity contribution in [1.29, 1.82) is 0 Å². The highest BCUT2D eigenvalue weighted by atomic mass is 16.1. The summed E-state index contributed by atoms with van der Waals surface area (Å²) in [7, 11) is 0. The van der Waals surface area contributed by atoms with Crippen molar-refractivity contribution >= 4 is 5.91 Å². The van der Waals surface area contributed by atoms with Crippen LogP contribution < -0.4 is 5.32 Å². The molecule has 0 spiro atoms. The number of carbonyl (C=O) groups is 1. The normalized spacial score (nSPS) is 10.5. The topological polar surface area (TPSA) is 29.1 Å². The monoisotopic (exact) mass is 177 g/mol. The lowest BCUT2D eigenvalue weighted by Crippen LogP contribution is -2.21. The van der Waals surface area contributed by atoms with E-state index in [0.717, 1.165) is 6.42 Å². The van der Waals surface area contributed by atoms with E-state index >= 15 is 0 Å². The highest BCUT2D eigenvalue weighted by molar-refractivity contribution is 5.87. The van der Waals surface area contributed by atoms with Gasteiger partial charge < -0.3 is 5.32 Å². The summed E-state index contributed by atoms with van der Waals surface area (Å²) in [5.41, 5.74) is 0. The van der Waals surface area contributed by atoms with Gasteiger partial charge in [0.25, 0.3) is 0 Å². The molecule has 0 atom stereocenters. The van der Waals surface area contributed by atoms with E-state index in [9.17, 15) is 4.79 Å². The standard InChI is InChI=1S/C11H15NO/c1-3-5-7-9-11(13)12-10-8-6-4-2/h2-3,5,7,9H,6,8,10H2,1H3,(H,12,13). The molecule has 1 N–H and O–H groups in total. The van der Waals surface area contributed by atoms with Crippen LogP contribution in [0.1, 0.15) is 19.8 Å². The van der Waals surface area contributed by atoms with Crippen LogP contribution in [-0.2, 0) is 4.79 Å². The van der Waals surface area contributed by atoms with Crippen LogP contribution in [0.3, 0.4) is 0 Å². The number of rotatable bonds is 5. The molecule has 0 saturated heterocycles. The second kappa shape index (κ2) is 8.61. The summed E-state index contributed by atoms with van der Waals surface area (Å²) < 4.78 is 0. The summed E-state index contributed by atoms with van der Waals surface area (Å²) in [4.78, 5) is 11.0. The minimum Gasteiger partial charge on any atom is -0.353 e. The van der Waals surface area contributed by atoms with Crippen LogP contribution in [0.2, 0.25) is 0 Å². The van der Waals surface area contributed by atoms with Gasteiger partial charge in [0.1, 0.15) is 0 Å². The Labute approximate surface area is 79.7 Å². The first-order valence-corrected chi connectivity index (χ1v) is 4.32. The lowest BCUT2D eigenvalue weighted by molar-refractivity contribution is -0.116. The number of allylic oxidation sites excluding steroid dienone is 3. The molecule has 0 aliphatic heterocycles. The average molecular weight is 177 g/mol. The van der Waals surface area contributed by atoms with Crippen molar-refractivity contribution in [1.82, 2.24) is 5.32 Å². The molecule has 2 nitrogen and oxygen atoms in total. The molecule has 70 valence electrons. The van der Waals surface area contributed by atoms with Crippen molar-refractivity contribution in [2.24, 2.45) is 0 Å². The van der Waals surface area contributed by atoms with Gasteiger partial charge in [0, 0.05) is 19.0 Å². The minimum atomic E-state index is -0.0740. The van der Waals surface area contributed by atoms with E-state index in [4.69, 9.17) is 6.42 Å². The zero-order valence-corrected chi connectivity index (χ0v) is 7.92. The number of hydrogen-bond donors (Lipinski definition) is 1. The first-order valence-electron chi connectivity index (χ1n) is 4.32. The van der Waals surface area contributed by atoms with E-state index in [1.807, 2.05) is 13.0 Å². The molecule has 0 aromatic rings. The molecule has 2 heteroatoms. The zero-order chi connectivity index (χ0) is 9.94. The summed E-state index contributed by atoms with van der Waals surface area (Å²) in [5, 5.41) is 2.72. The molecule has 0 heterocycles. The van der Waals surface area contributed by atoms with Gasteiger partial charge in [0.05, 0.1) is 0 Å². The SMILES string of the molecule is C#CCCCNC(=O)C=CC=CC. The van der Waals surface area contributed by atoms with Gasteiger partial charge in [-0.1, -0.05) is 18.2 Å². The summed E-state index contributed by atoms with van der Waals surface area (Å²) in [5.74, 6) is 2.44. The predicted molar refractivity (Wildman–Crippen MR) is 55.0 cm³/mol. The number of carbonyl (C=O) groups excluding carboxylic acids is 1. The second-order valence-electron chi connectivity index (χ2n) is 2.48. The Balaban J connectivity index is 3.47. The van der Waals surface area contributed by atoms with E-state index in [1.165, 1.54) is 6.08 Å². The van der Waals surface area contributed by atoms with E-state index in [0.29, 0.717) is 13.0 Å². The Kier molecular flexibility index (Phi) is 7.62. The quantitative estimate of drug-likeness (QED) is 0.294. The maximum absolute atomic E-state index is 11.0. The third kappa shape index (κ3) is 8.42. The van der Waals surface area contributed by atoms with Crippen LogP contribution in [-0.4, -0.2) is 12.5 Å². The molecular formula is C11H15NO. The maximum Gasteiger partial charge on any atom is 0.243 e. The summed E-state index contributed by atoms with van der Waals surface area (Å²) in [6, 6.07) is 0. The number of nitrogens with one attached hydrogen (secondary N) is 1. The first kappa shape index (κ1) is 11.5. The maximum atomic E-state index is 11.0. The van der Waals surface area contributed by atoms with Crippen LogP contribution in [0.15, 0.2) is 24.3 Å². The number of hydrogen-bond acceptors (Lipinski definition) is 1. The zero-order valence-electron chi connectivity index (χ0n) is 7.92. The van der Waals surface area contributed by atoms with E-state index < -0.39 is 0 Å². The van der Waals surface area contributed by atoms with Crippen molar-refractivity contribution in [3.05, 3.63) is 24.3 Å². The molecule has 0 aromatic heterocycles. The van der Waals surface area contributed by atoms with Gasteiger partial charge in [-0.3, -0.25) is 4.79 Å². The van der Waals surface area contributed by atoms with Crippen molar-refractivity contribution in [2.45, 2.75) is 19.8 Å². The van der Waals surface area contributed by atoms with Crippen LogP contribution in [0.25, 0.3) is 0 Å². The molecule has 0 aliphatic carbocycles. The van der Waals surface area contributed by atoms with Gasteiger partial charge >= 0.3 is 0 Å². The number of terminal acetylenes is 1. The van der Waals surface area contributed by atoms with Crippen LogP contribution >= 0.6 is 0 Å². The second-order valence-corrected chi connectivity index (χ2v) is 2.48. The third-order valence-electron chi connectivity index (χ3n) is 1.35. The smallest absolute Gasteiger partial charge is 0.243 e. The van der Waals surface area contributed by atoms with Gasteiger partial charge in [0.2, 0.25) is 5.91 Å². The number of amides is 1. The minimum absolute atomic E-state index is 0.0740. The van der Waals surface area contributed by atoms with Crippen LogP contribution in [0, 0.1) is 12.3 Å². The highest BCUT2D eigenvalue weighted by Gasteiger charge is 1.91. The van der Waals surface area contributed by atoms with Crippen LogP contribution in [0.5, 0.6) is 0 Å². The summed E-state index contributed by atoms with van der Waals surface area (Å²) >= 11 is 0. The molecule has 13 heavy (non-hydrogen) atoms. The largest absolute Gasteiger partial charge is 0.353 e. The highest BCUT2D eigenvalue weighted by Crippen LogP contribution is 1.83. The molecule has 0 saturated carbocycles. The Hall–Kier alpha value is -1.49. The fraction of sp³-hybridized carbons (Fsp3) is 0.364. The molecule has 0 aromatic carbocycles. The molecule has 0 unspecified atom stereocenters. The Morgan fingerprint density at radius 1 is 1.54 bits per heavy atom. The molecule has 1 amide bonds. The van der Waals surface area contributed by atoms with Crippen molar-refractivity contribution in [3.8, 4) is 12.3 Å². The van der Waals surface area contributed by atoms with Gasteiger partial charge in [-0.15, -0.1) is 12.3 Å². The first-order chi connectivity index (χ1) is 6.31. The third-order valence-corrected chi connectivity index (χ3v) is 1.35. The summed E-state index contributed by atoms with van der Waals surface area (Å²) in [6.07, 6.45) is 13.5. The van der Waals surface area contributed by atoms with Crippen molar-refractivity contribution < 1.29 is 4.79 Å². The molecule has 0 aliphatic rings. The average Bonchev–Trinajstić information content (AvgIpc) is 2.13.